The van der Waals surface area contributed by atoms with E-state index in [-0.39, 0.29) is 18.8 Å². The van der Waals surface area contributed by atoms with Gasteiger partial charge in [-0.05, 0) is 36.2 Å². The Bertz CT molecular complexity index is 1010. The molecule has 27 heavy (non-hydrogen) atoms. The summed E-state index contributed by atoms with van der Waals surface area (Å²) in [7, 11) is 0. The molecule has 8 heteroatoms. The summed E-state index contributed by atoms with van der Waals surface area (Å²) in [5.74, 6) is -0.00866. The van der Waals surface area contributed by atoms with Gasteiger partial charge in [0.25, 0.3) is 0 Å². The van der Waals surface area contributed by atoms with Crippen molar-refractivity contribution in [3.8, 4) is 17.2 Å². The lowest BCUT2D eigenvalue weighted by Gasteiger charge is -2.03. The van der Waals surface area contributed by atoms with Gasteiger partial charge in [-0.1, -0.05) is 11.3 Å². The predicted octanol–water partition coefficient (Wildman–Crippen LogP) is 2.92. The summed E-state index contributed by atoms with van der Waals surface area (Å²) in [4.78, 5) is 0. The standard InChI is InChI=1S/C19H16F2N4O2/c20-15-3-1-11(5-16(15)21)14-7-17(14)22-8-12-9-25(24-23-12)13-2-4-18-19(6-13)27-10-26-18/h1-6,9,14,17,22H,7-8,10H2/t14-,17+/m0/s1. The number of benzene rings is 2. The van der Waals surface area contributed by atoms with Crippen LogP contribution in [0.5, 0.6) is 11.5 Å². The first-order valence-corrected chi connectivity index (χ1v) is 8.67. The third kappa shape index (κ3) is 3.12. The maximum Gasteiger partial charge on any atom is 0.231 e. The quantitative estimate of drug-likeness (QED) is 0.748. The van der Waals surface area contributed by atoms with Gasteiger partial charge >= 0.3 is 0 Å². The van der Waals surface area contributed by atoms with E-state index in [0.29, 0.717) is 12.3 Å². The molecule has 2 atom stereocenters. The van der Waals surface area contributed by atoms with Gasteiger partial charge in [0.05, 0.1) is 17.6 Å². The molecule has 2 heterocycles. The fraction of sp³-hybridized carbons (Fsp3) is 0.263. The van der Waals surface area contributed by atoms with Gasteiger partial charge in [0, 0.05) is 24.6 Å². The number of fused-ring (bicyclic) bond motifs is 1. The van der Waals surface area contributed by atoms with Gasteiger partial charge in [0.15, 0.2) is 23.1 Å². The molecule has 1 aromatic heterocycles. The average Bonchev–Trinajstić information content (AvgIpc) is 3.07. The van der Waals surface area contributed by atoms with Crippen molar-refractivity contribution >= 4 is 0 Å². The second kappa shape index (κ2) is 6.31. The molecule has 6 nitrogen and oxygen atoms in total. The van der Waals surface area contributed by atoms with Crippen molar-refractivity contribution in [3.63, 3.8) is 0 Å². The molecule has 3 aromatic rings. The number of rotatable bonds is 5. The van der Waals surface area contributed by atoms with E-state index in [4.69, 9.17) is 9.47 Å². The topological polar surface area (TPSA) is 61.2 Å². The Morgan fingerprint density at radius 2 is 1.96 bits per heavy atom. The van der Waals surface area contributed by atoms with Gasteiger partial charge in [0.1, 0.15) is 0 Å². The molecule has 1 aliphatic heterocycles. The molecule has 1 saturated carbocycles. The minimum Gasteiger partial charge on any atom is -0.454 e. The number of ether oxygens (including phenoxy) is 2. The highest BCUT2D eigenvalue weighted by Crippen LogP contribution is 2.41. The highest BCUT2D eigenvalue weighted by Gasteiger charge is 2.38. The lowest BCUT2D eigenvalue weighted by molar-refractivity contribution is 0.174. The van der Waals surface area contributed by atoms with Crippen molar-refractivity contribution in [2.75, 3.05) is 6.79 Å². The molecular weight excluding hydrogens is 354 g/mol. The van der Waals surface area contributed by atoms with Crippen LogP contribution in [0.3, 0.4) is 0 Å². The third-order valence-electron chi connectivity index (χ3n) is 4.87. The van der Waals surface area contributed by atoms with Gasteiger partial charge < -0.3 is 14.8 Å². The molecule has 0 amide bonds. The molecule has 1 aliphatic carbocycles. The third-order valence-corrected chi connectivity index (χ3v) is 4.87. The first-order chi connectivity index (χ1) is 13.2. The van der Waals surface area contributed by atoms with E-state index >= 15 is 0 Å². The van der Waals surface area contributed by atoms with Crippen molar-refractivity contribution in [1.82, 2.24) is 20.3 Å². The van der Waals surface area contributed by atoms with Crippen LogP contribution >= 0.6 is 0 Å². The van der Waals surface area contributed by atoms with E-state index in [1.165, 1.54) is 12.1 Å². The van der Waals surface area contributed by atoms with E-state index in [1.54, 1.807) is 10.7 Å². The number of nitrogens with zero attached hydrogens (tertiary/aromatic N) is 3. The molecule has 0 bridgehead atoms. The van der Waals surface area contributed by atoms with Crippen LogP contribution in [0.2, 0.25) is 0 Å². The van der Waals surface area contributed by atoms with Crippen LogP contribution in [0.4, 0.5) is 8.78 Å². The minimum absolute atomic E-state index is 0.198. The molecule has 0 unspecified atom stereocenters. The van der Waals surface area contributed by atoms with Crippen molar-refractivity contribution < 1.29 is 18.3 Å². The average molecular weight is 370 g/mol. The fourth-order valence-corrected chi connectivity index (χ4v) is 3.30. The zero-order valence-electron chi connectivity index (χ0n) is 14.2. The Kier molecular flexibility index (Phi) is 3.78. The largest absolute Gasteiger partial charge is 0.454 e. The summed E-state index contributed by atoms with van der Waals surface area (Å²) in [6.45, 7) is 0.779. The lowest BCUT2D eigenvalue weighted by atomic mass is 10.1. The van der Waals surface area contributed by atoms with Crippen LogP contribution in [0, 0.1) is 11.6 Å². The van der Waals surface area contributed by atoms with Crippen LogP contribution < -0.4 is 14.8 Å². The highest BCUT2D eigenvalue weighted by molar-refractivity contribution is 5.49. The molecular formula is C19H16F2N4O2. The van der Waals surface area contributed by atoms with Crippen LogP contribution in [0.25, 0.3) is 5.69 Å². The first-order valence-electron chi connectivity index (χ1n) is 8.67. The summed E-state index contributed by atoms with van der Waals surface area (Å²) < 4.78 is 38.8. The second-order valence-electron chi connectivity index (χ2n) is 6.70. The Morgan fingerprint density at radius 1 is 1.07 bits per heavy atom. The first kappa shape index (κ1) is 16.2. The van der Waals surface area contributed by atoms with Crippen LogP contribution in [0.15, 0.2) is 42.6 Å². The minimum atomic E-state index is -0.816. The van der Waals surface area contributed by atoms with Gasteiger partial charge in [-0.25, -0.2) is 13.5 Å². The number of nitrogens with one attached hydrogen (secondary N) is 1. The number of hydrogen-bond acceptors (Lipinski definition) is 5. The van der Waals surface area contributed by atoms with Crippen LogP contribution in [-0.2, 0) is 6.54 Å². The summed E-state index contributed by atoms with van der Waals surface area (Å²) in [5, 5.41) is 11.7. The van der Waals surface area contributed by atoms with Gasteiger partial charge in [0.2, 0.25) is 6.79 Å². The van der Waals surface area contributed by atoms with Gasteiger partial charge in [-0.3, -0.25) is 0 Å². The Morgan fingerprint density at radius 3 is 2.85 bits per heavy atom. The highest BCUT2D eigenvalue weighted by atomic mass is 19.2. The van der Waals surface area contributed by atoms with E-state index in [9.17, 15) is 8.78 Å². The maximum absolute atomic E-state index is 13.4. The Hall–Kier alpha value is -3.00. The smallest absolute Gasteiger partial charge is 0.231 e. The SMILES string of the molecule is Fc1ccc([C@@H]2C[C@H]2NCc2cn(-c3ccc4c(c3)OCO4)nn2)cc1F. The molecule has 1 fully saturated rings. The summed E-state index contributed by atoms with van der Waals surface area (Å²) >= 11 is 0. The maximum atomic E-state index is 13.4. The van der Waals surface area contributed by atoms with E-state index in [2.05, 4.69) is 15.6 Å². The normalized spacial score (nSPS) is 20.1. The second-order valence-corrected chi connectivity index (χ2v) is 6.70. The zero-order chi connectivity index (χ0) is 18.4. The monoisotopic (exact) mass is 370 g/mol. The van der Waals surface area contributed by atoms with Crippen molar-refractivity contribution in [2.45, 2.75) is 24.9 Å². The van der Waals surface area contributed by atoms with E-state index in [0.717, 1.165) is 29.1 Å². The van der Waals surface area contributed by atoms with Crippen molar-refractivity contribution in [1.29, 1.82) is 0 Å². The molecule has 2 aromatic carbocycles. The Balaban J connectivity index is 1.21. The van der Waals surface area contributed by atoms with Gasteiger partial charge in [-0.15, -0.1) is 5.10 Å². The lowest BCUT2D eigenvalue weighted by Crippen LogP contribution is -2.17. The molecule has 2 aliphatic rings. The van der Waals surface area contributed by atoms with Crippen LogP contribution in [0.1, 0.15) is 23.6 Å². The summed E-state index contributed by atoms with van der Waals surface area (Å²) in [5.41, 5.74) is 2.45. The summed E-state index contributed by atoms with van der Waals surface area (Å²) in [6.07, 6.45) is 2.74. The molecule has 138 valence electrons. The molecule has 0 spiro atoms. The molecule has 0 saturated heterocycles. The molecule has 5 rings (SSSR count). The molecule has 1 N–H and O–H groups in total. The number of aromatic nitrogens is 3. The van der Waals surface area contributed by atoms with Crippen LogP contribution in [-0.4, -0.2) is 27.8 Å². The number of hydrogen-bond donors (Lipinski definition) is 1. The van der Waals surface area contributed by atoms with Crippen molar-refractivity contribution in [3.05, 3.63) is 65.5 Å². The predicted molar refractivity (Wildman–Crippen MR) is 91.8 cm³/mol. The molecule has 0 radical (unpaired) electrons. The van der Waals surface area contributed by atoms with E-state index in [1.807, 2.05) is 24.4 Å². The zero-order valence-corrected chi connectivity index (χ0v) is 14.2. The number of halogens is 2. The van der Waals surface area contributed by atoms with Crippen molar-refractivity contribution in [2.24, 2.45) is 0 Å². The van der Waals surface area contributed by atoms with Gasteiger partial charge in [-0.2, -0.15) is 0 Å². The van der Waals surface area contributed by atoms with E-state index < -0.39 is 11.6 Å². The fourth-order valence-electron chi connectivity index (χ4n) is 3.30. The Labute approximate surface area is 153 Å². The summed E-state index contributed by atoms with van der Waals surface area (Å²) in [6, 6.07) is 9.90.